The fourth-order valence-electron chi connectivity index (χ4n) is 5.08. The number of nitrogens with one attached hydrogen (secondary N) is 2. The van der Waals surface area contributed by atoms with Crippen molar-refractivity contribution in [3.8, 4) is 68.0 Å². The van der Waals surface area contributed by atoms with Crippen LogP contribution < -0.4 is 9.47 Å². The number of rotatable bonds is 8. The molecule has 0 saturated heterocycles. The molecular formula is C35H28N4O4S2. The predicted octanol–water partition coefficient (Wildman–Crippen LogP) is 8.28. The Labute approximate surface area is 269 Å². The largest absolute Gasteiger partial charge is 0.507 e. The second-order valence-corrected chi connectivity index (χ2v) is 11.1. The number of aromatic hydroxyl groups is 2. The van der Waals surface area contributed by atoms with Crippen LogP contribution in [-0.4, -0.2) is 44.4 Å². The number of phenols is 2. The molecule has 8 nitrogen and oxygen atoms in total. The molecule has 0 fully saturated rings. The number of phenolic OH excluding ortho intramolecular Hbond substituents is 2. The van der Waals surface area contributed by atoms with E-state index in [4.69, 9.17) is 33.9 Å². The van der Waals surface area contributed by atoms with Crippen molar-refractivity contribution in [2.75, 3.05) is 14.2 Å². The average molecular weight is 633 g/mol. The maximum Gasteiger partial charge on any atom is 0.197 e. The number of hydrogen-bond acceptors (Lipinski definition) is 8. The number of methoxy groups -OCH3 is 2. The lowest BCUT2D eigenvalue weighted by Crippen LogP contribution is -1.95. The molecule has 0 bridgehead atoms. The molecule has 0 unspecified atom stereocenters. The summed E-state index contributed by atoms with van der Waals surface area (Å²) in [7, 11) is 3.24. The SMILES string of the molecule is COc1ccc(-c2cc(-c3cc(Cc4ccc(O)c(-c5cc(-c6ccc(OC)cc6)nc(=S)[nH]5)c4)ccc3O)[nH]c(=S)n2)cc1. The van der Waals surface area contributed by atoms with Gasteiger partial charge in [-0.3, -0.25) is 0 Å². The van der Waals surface area contributed by atoms with Gasteiger partial charge < -0.3 is 29.7 Å². The highest BCUT2D eigenvalue weighted by atomic mass is 32.1. The summed E-state index contributed by atoms with van der Waals surface area (Å²) in [5.74, 6) is 1.70. The van der Waals surface area contributed by atoms with Crippen LogP contribution >= 0.6 is 24.4 Å². The topological polar surface area (TPSA) is 116 Å². The van der Waals surface area contributed by atoms with Crippen molar-refractivity contribution in [1.82, 2.24) is 19.9 Å². The molecule has 0 aliphatic rings. The van der Waals surface area contributed by atoms with E-state index in [9.17, 15) is 10.2 Å². The second kappa shape index (κ2) is 12.7. The zero-order valence-corrected chi connectivity index (χ0v) is 26.0. The highest BCUT2D eigenvalue weighted by Gasteiger charge is 2.13. The molecule has 4 aromatic carbocycles. The van der Waals surface area contributed by atoms with Gasteiger partial charge in [0.2, 0.25) is 0 Å². The molecule has 0 amide bonds. The number of H-pyrrole nitrogens is 2. The Hall–Kier alpha value is -5.32. The highest BCUT2D eigenvalue weighted by Crippen LogP contribution is 2.34. The van der Waals surface area contributed by atoms with Crippen LogP contribution in [0.1, 0.15) is 11.1 Å². The minimum atomic E-state index is 0.109. The van der Waals surface area contributed by atoms with Gasteiger partial charge in [-0.1, -0.05) is 12.1 Å². The minimum absolute atomic E-state index is 0.109. The second-order valence-electron chi connectivity index (χ2n) is 10.3. The molecule has 10 heteroatoms. The van der Waals surface area contributed by atoms with Gasteiger partial charge in [0.1, 0.15) is 23.0 Å². The van der Waals surface area contributed by atoms with Gasteiger partial charge in [0.25, 0.3) is 0 Å². The van der Waals surface area contributed by atoms with Gasteiger partial charge in [0, 0.05) is 22.3 Å². The van der Waals surface area contributed by atoms with E-state index >= 15 is 0 Å². The third-order valence-corrected chi connectivity index (χ3v) is 7.76. The molecule has 0 aliphatic carbocycles. The summed E-state index contributed by atoms with van der Waals surface area (Å²) in [5, 5.41) is 21.7. The Morgan fingerprint density at radius 3 is 1.36 bits per heavy atom. The van der Waals surface area contributed by atoms with Crippen LogP contribution in [0, 0.1) is 9.54 Å². The zero-order chi connectivity index (χ0) is 31.5. The fourth-order valence-corrected chi connectivity index (χ4v) is 5.49. The number of hydrogen-bond donors (Lipinski definition) is 4. The van der Waals surface area contributed by atoms with E-state index in [0.717, 1.165) is 33.8 Å². The van der Waals surface area contributed by atoms with E-state index in [0.29, 0.717) is 49.9 Å². The fraction of sp³-hybridized carbons (Fsp3) is 0.0857. The first-order chi connectivity index (χ1) is 21.8. The van der Waals surface area contributed by atoms with Crippen LogP contribution in [0.5, 0.6) is 23.0 Å². The Balaban J connectivity index is 1.32. The first-order valence-electron chi connectivity index (χ1n) is 14.0. The number of ether oxygens (including phenoxy) is 2. The molecular weight excluding hydrogens is 605 g/mol. The summed E-state index contributed by atoms with van der Waals surface area (Å²) < 4.78 is 11.1. The molecule has 2 heterocycles. The summed E-state index contributed by atoms with van der Waals surface area (Å²) >= 11 is 10.9. The summed E-state index contributed by atoms with van der Waals surface area (Å²) in [6, 6.07) is 29.7. The van der Waals surface area contributed by atoms with E-state index in [1.165, 1.54) is 0 Å². The van der Waals surface area contributed by atoms with Crippen molar-refractivity contribution in [2.45, 2.75) is 6.42 Å². The van der Waals surface area contributed by atoms with Gasteiger partial charge >= 0.3 is 0 Å². The van der Waals surface area contributed by atoms with Crippen molar-refractivity contribution in [3.05, 3.63) is 118 Å². The summed E-state index contributed by atoms with van der Waals surface area (Å²) in [6.45, 7) is 0. The molecule has 6 rings (SSSR count). The summed E-state index contributed by atoms with van der Waals surface area (Å²) in [4.78, 5) is 15.2. The Bertz CT molecular complexity index is 1970. The van der Waals surface area contributed by atoms with Crippen LogP contribution in [0.4, 0.5) is 0 Å². The van der Waals surface area contributed by atoms with Gasteiger partial charge in [0.05, 0.1) is 37.0 Å². The van der Waals surface area contributed by atoms with Crippen molar-refractivity contribution >= 4 is 24.4 Å². The van der Waals surface area contributed by atoms with Crippen molar-refractivity contribution < 1.29 is 19.7 Å². The Kier molecular flexibility index (Phi) is 8.41. The molecule has 2 aromatic heterocycles. The van der Waals surface area contributed by atoms with Crippen molar-refractivity contribution in [2.24, 2.45) is 0 Å². The van der Waals surface area contributed by atoms with Crippen LogP contribution in [0.15, 0.2) is 97.1 Å². The van der Waals surface area contributed by atoms with Gasteiger partial charge in [-0.2, -0.15) is 0 Å². The molecule has 0 atom stereocenters. The van der Waals surface area contributed by atoms with Crippen LogP contribution in [-0.2, 0) is 6.42 Å². The maximum atomic E-state index is 10.8. The third kappa shape index (κ3) is 6.62. The van der Waals surface area contributed by atoms with Crippen molar-refractivity contribution in [3.63, 3.8) is 0 Å². The zero-order valence-electron chi connectivity index (χ0n) is 24.4. The molecule has 224 valence electrons. The summed E-state index contributed by atoms with van der Waals surface area (Å²) in [6.07, 6.45) is 0.537. The molecule has 0 radical (unpaired) electrons. The van der Waals surface area contributed by atoms with E-state index in [2.05, 4.69) is 19.9 Å². The highest BCUT2D eigenvalue weighted by molar-refractivity contribution is 7.71. The number of aromatic amines is 2. The van der Waals surface area contributed by atoms with Crippen LogP contribution in [0.2, 0.25) is 0 Å². The van der Waals surface area contributed by atoms with E-state index in [-0.39, 0.29) is 11.5 Å². The molecule has 0 saturated carbocycles. The number of nitrogens with zero attached hydrogens (tertiary/aromatic N) is 2. The molecule has 45 heavy (non-hydrogen) atoms. The van der Waals surface area contributed by atoms with Gasteiger partial charge in [0.15, 0.2) is 9.54 Å². The van der Waals surface area contributed by atoms with Crippen LogP contribution in [0.25, 0.3) is 45.0 Å². The normalized spacial score (nSPS) is 10.9. The first-order valence-corrected chi connectivity index (χ1v) is 14.8. The average Bonchev–Trinajstić information content (AvgIpc) is 3.06. The summed E-state index contributed by atoms with van der Waals surface area (Å²) in [5.41, 5.74) is 7.45. The standard InChI is InChI=1S/C35H28N4O4S2/c1-42-24-9-5-22(6-10-24)28-18-30(38-34(44)36-28)26-16-20(3-13-32(26)40)15-21-4-14-33(41)27(17-21)31-19-29(37-35(45)39-31)23-7-11-25(43-2)12-8-23/h3-14,16-19,40-41H,15H2,1-2H3,(H,36,38,44)(H,37,39,45). The first kappa shape index (κ1) is 29.7. The van der Waals surface area contributed by atoms with E-state index in [1.54, 1.807) is 26.4 Å². The van der Waals surface area contributed by atoms with Gasteiger partial charge in [-0.25, -0.2) is 9.97 Å². The molecule has 6 aromatic rings. The molecule has 4 N–H and O–H groups in total. The maximum absolute atomic E-state index is 10.8. The monoisotopic (exact) mass is 632 g/mol. The van der Waals surface area contributed by atoms with Gasteiger partial charge in [-0.05, 0) is 127 Å². The lowest BCUT2D eigenvalue weighted by Gasteiger charge is -2.12. The van der Waals surface area contributed by atoms with Gasteiger partial charge in [-0.15, -0.1) is 0 Å². The van der Waals surface area contributed by atoms with E-state index < -0.39 is 0 Å². The third-order valence-electron chi connectivity index (χ3n) is 7.37. The molecule has 0 spiro atoms. The predicted molar refractivity (Wildman–Crippen MR) is 180 cm³/mol. The smallest absolute Gasteiger partial charge is 0.197 e. The molecule has 0 aliphatic heterocycles. The lowest BCUT2D eigenvalue weighted by atomic mass is 9.97. The number of aromatic nitrogens is 4. The van der Waals surface area contributed by atoms with Crippen molar-refractivity contribution in [1.29, 1.82) is 0 Å². The minimum Gasteiger partial charge on any atom is -0.507 e. The Morgan fingerprint density at radius 2 is 0.978 bits per heavy atom. The van der Waals surface area contributed by atoms with Crippen LogP contribution in [0.3, 0.4) is 0 Å². The lowest BCUT2D eigenvalue weighted by molar-refractivity contribution is 0.415. The quantitative estimate of drug-likeness (QED) is 0.124. The number of benzene rings is 4. The Morgan fingerprint density at radius 1 is 0.578 bits per heavy atom. The van der Waals surface area contributed by atoms with E-state index in [1.807, 2.05) is 84.9 Å².